The van der Waals surface area contributed by atoms with E-state index in [1.807, 2.05) is 30.7 Å². The van der Waals surface area contributed by atoms with Gasteiger partial charge in [0, 0.05) is 23.2 Å². The van der Waals surface area contributed by atoms with E-state index < -0.39 is 0 Å². The predicted molar refractivity (Wildman–Crippen MR) is 82.6 cm³/mol. The summed E-state index contributed by atoms with van der Waals surface area (Å²) in [5.41, 5.74) is 8.24. The van der Waals surface area contributed by atoms with Gasteiger partial charge in [-0.05, 0) is 43.7 Å². The van der Waals surface area contributed by atoms with Gasteiger partial charge in [-0.1, -0.05) is 23.7 Å². The fourth-order valence-electron chi connectivity index (χ4n) is 3.00. The van der Waals surface area contributed by atoms with Gasteiger partial charge in [0.25, 0.3) is 0 Å². The second kappa shape index (κ2) is 5.98. The molecule has 1 saturated carbocycles. The Morgan fingerprint density at radius 2 is 2.05 bits per heavy atom. The molecule has 0 unspecified atom stereocenters. The summed E-state index contributed by atoms with van der Waals surface area (Å²) >= 11 is 6.08. The van der Waals surface area contributed by atoms with Gasteiger partial charge in [0.2, 0.25) is 0 Å². The molecule has 0 saturated heterocycles. The highest BCUT2D eigenvalue weighted by Gasteiger charge is 2.19. The molecule has 106 valence electrons. The minimum absolute atomic E-state index is 0.404. The zero-order valence-electron chi connectivity index (χ0n) is 11.5. The van der Waals surface area contributed by atoms with Crippen LogP contribution in [0.25, 0.3) is 11.3 Å². The first kappa shape index (κ1) is 13.7. The molecule has 0 bridgehead atoms. The predicted octanol–water partition coefficient (Wildman–Crippen LogP) is 3.72. The Balaban J connectivity index is 1.77. The first-order chi connectivity index (χ1) is 9.72. The average molecular weight is 290 g/mol. The van der Waals surface area contributed by atoms with Crippen LogP contribution in [0.2, 0.25) is 5.02 Å². The summed E-state index contributed by atoms with van der Waals surface area (Å²) in [6.45, 7) is 1.02. The molecule has 1 fully saturated rings. The van der Waals surface area contributed by atoms with Gasteiger partial charge >= 0.3 is 0 Å². The van der Waals surface area contributed by atoms with Crippen molar-refractivity contribution in [2.24, 2.45) is 11.7 Å². The van der Waals surface area contributed by atoms with Crippen molar-refractivity contribution in [3.8, 4) is 11.3 Å². The smallest absolute Gasteiger partial charge is 0.0951 e. The van der Waals surface area contributed by atoms with E-state index >= 15 is 0 Å². The van der Waals surface area contributed by atoms with Crippen molar-refractivity contribution in [3.05, 3.63) is 41.8 Å². The second-order valence-electron chi connectivity index (χ2n) is 5.72. The highest BCUT2D eigenvalue weighted by Crippen LogP contribution is 2.28. The van der Waals surface area contributed by atoms with Crippen molar-refractivity contribution in [1.29, 1.82) is 0 Å². The molecule has 0 spiro atoms. The molecule has 0 aliphatic heterocycles. The fourth-order valence-corrected chi connectivity index (χ4v) is 3.19. The van der Waals surface area contributed by atoms with Crippen molar-refractivity contribution in [1.82, 2.24) is 9.55 Å². The third-order valence-corrected chi connectivity index (χ3v) is 4.41. The van der Waals surface area contributed by atoms with Gasteiger partial charge in [0.05, 0.1) is 18.2 Å². The van der Waals surface area contributed by atoms with E-state index in [1.54, 1.807) is 0 Å². The zero-order valence-corrected chi connectivity index (χ0v) is 12.3. The largest absolute Gasteiger partial charge is 0.330 e. The van der Waals surface area contributed by atoms with Crippen molar-refractivity contribution >= 4 is 11.6 Å². The van der Waals surface area contributed by atoms with Crippen LogP contribution in [-0.4, -0.2) is 15.6 Å². The van der Waals surface area contributed by atoms with E-state index in [0.717, 1.165) is 35.7 Å². The van der Waals surface area contributed by atoms with E-state index in [9.17, 15) is 0 Å². The fraction of sp³-hybridized carbons (Fsp3) is 0.438. The van der Waals surface area contributed by atoms with Crippen LogP contribution in [0.5, 0.6) is 0 Å². The van der Waals surface area contributed by atoms with E-state index in [0.29, 0.717) is 12.0 Å². The highest BCUT2D eigenvalue weighted by atomic mass is 35.5. The second-order valence-corrected chi connectivity index (χ2v) is 6.16. The maximum absolute atomic E-state index is 6.08. The Bertz CT molecular complexity index is 571. The zero-order chi connectivity index (χ0) is 13.9. The van der Waals surface area contributed by atoms with Crippen LogP contribution < -0.4 is 5.73 Å². The van der Waals surface area contributed by atoms with Crippen molar-refractivity contribution < 1.29 is 0 Å². The molecule has 3 nitrogen and oxygen atoms in total. The molecular formula is C16H20ClN3. The summed E-state index contributed by atoms with van der Waals surface area (Å²) in [6, 6.07) is 8.35. The molecule has 0 atom stereocenters. The Labute approximate surface area is 124 Å². The first-order valence-electron chi connectivity index (χ1n) is 7.24. The van der Waals surface area contributed by atoms with Gasteiger partial charge in [-0.2, -0.15) is 0 Å². The Kier molecular flexibility index (Phi) is 4.08. The van der Waals surface area contributed by atoms with Gasteiger partial charge in [-0.3, -0.25) is 0 Å². The standard InChI is InChI=1S/C16H20ClN3/c17-14-3-1-2-13(8-14)16-9-19-11-20(16)10-12-4-6-15(18)7-5-12/h1-3,8-9,11-12,15H,4-7,10,18H2/t12-,15+. The van der Waals surface area contributed by atoms with Crippen LogP contribution in [-0.2, 0) is 6.54 Å². The van der Waals surface area contributed by atoms with Gasteiger partial charge in [-0.15, -0.1) is 0 Å². The lowest BCUT2D eigenvalue weighted by molar-refractivity contribution is 0.295. The number of rotatable bonds is 3. The van der Waals surface area contributed by atoms with Crippen LogP contribution in [0.3, 0.4) is 0 Å². The summed E-state index contributed by atoms with van der Waals surface area (Å²) in [6.07, 6.45) is 8.56. The summed E-state index contributed by atoms with van der Waals surface area (Å²) in [5.74, 6) is 0.710. The molecule has 4 heteroatoms. The Morgan fingerprint density at radius 1 is 1.25 bits per heavy atom. The first-order valence-corrected chi connectivity index (χ1v) is 7.62. The van der Waals surface area contributed by atoms with E-state index in [1.165, 1.54) is 12.8 Å². The monoisotopic (exact) mass is 289 g/mol. The van der Waals surface area contributed by atoms with Gasteiger partial charge in [0.1, 0.15) is 0 Å². The lowest BCUT2D eigenvalue weighted by atomic mass is 9.86. The normalized spacial score (nSPS) is 22.9. The highest BCUT2D eigenvalue weighted by molar-refractivity contribution is 6.30. The van der Waals surface area contributed by atoms with Crippen LogP contribution in [0, 0.1) is 5.92 Å². The van der Waals surface area contributed by atoms with Crippen LogP contribution in [0.15, 0.2) is 36.8 Å². The summed E-state index contributed by atoms with van der Waals surface area (Å²) in [7, 11) is 0. The van der Waals surface area contributed by atoms with Crippen molar-refractivity contribution in [2.75, 3.05) is 0 Å². The number of benzene rings is 1. The number of hydrogen-bond donors (Lipinski definition) is 1. The third-order valence-electron chi connectivity index (χ3n) is 4.18. The molecule has 1 aliphatic carbocycles. The number of imidazole rings is 1. The molecule has 2 aromatic rings. The molecule has 1 aromatic heterocycles. The van der Waals surface area contributed by atoms with Gasteiger partial charge in [0.15, 0.2) is 0 Å². The molecule has 0 amide bonds. The number of halogens is 1. The Morgan fingerprint density at radius 3 is 2.80 bits per heavy atom. The summed E-state index contributed by atoms with van der Waals surface area (Å²) in [5, 5.41) is 0.763. The quantitative estimate of drug-likeness (QED) is 0.936. The molecule has 1 heterocycles. The van der Waals surface area contributed by atoms with Crippen molar-refractivity contribution in [2.45, 2.75) is 38.3 Å². The van der Waals surface area contributed by atoms with Crippen LogP contribution in [0.4, 0.5) is 0 Å². The number of nitrogens with zero attached hydrogens (tertiary/aromatic N) is 2. The maximum atomic E-state index is 6.08. The lowest BCUT2D eigenvalue weighted by Crippen LogP contribution is -2.28. The van der Waals surface area contributed by atoms with E-state index in [4.69, 9.17) is 17.3 Å². The van der Waals surface area contributed by atoms with E-state index in [-0.39, 0.29) is 0 Å². The molecule has 1 aliphatic rings. The molecule has 2 N–H and O–H groups in total. The van der Waals surface area contributed by atoms with E-state index in [2.05, 4.69) is 15.6 Å². The molecule has 1 aromatic carbocycles. The van der Waals surface area contributed by atoms with Crippen LogP contribution in [0.1, 0.15) is 25.7 Å². The van der Waals surface area contributed by atoms with Crippen LogP contribution >= 0.6 is 11.6 Å². The number of aromatic nitrogens is 2. The summed E-state index contributed by atoms with van der Waals surface area (Å²) < 4.78 is 2.24. The maximum Gasteiger partial charge on any atom is 0.0951 e. The molecular weight excluding hydrogens is 270 g/mol. The number of nitrogens with two attached hydrogens (primary N) is 1. The molecule has 0 radical (unpaired) electrons. The lowest BCUT2D eigenvalue weighted by Gasteiger charge is -2.26. The van der Waals surface area contributed by atoms with Gasteiger partial charge < -0.3 is 10.3 Å². The summed E-state index contributed by atoms with van der Waals surface area (Å²) in [4.78, 5) is 4.30. The van der Waals surface area contributed by atoms with Crippen molar-refractivity contribution in [3.63, 3.8) is 0 Å². The topological polar surface area (TPSA) is 43.8 Å². The molecule has 3 rings (SSSR count). The average Bonchev–Trinajstić information content (AvgIpc) is 2.89. The number of hydrogen-bond acceptors (Lipinski definition) is 2. The molecule has 20 heavy (non-hydrogen) atoms. The minimum atomic E-state index is 0.404. The SMILES string of the molecule is N[C@H]1CC[C@@H](Cn2cncc2-c2cccc(Cl)c2)CC1. The van der Waals surface area contributed by atoms with Gasteiger partial charge in [-0.25, -0.2) is 4.98 Å². The third kappa shape index (κ3) is 3.05. The Hall–Kier alpha value is -1.32. The minimum Gasteiger partial charge on any atom is -0.330 e.